The lowest BCUT2D eigenvalue weighted by molar-refractivity contribution is -0.113. The molecule has 0 atom stereocenters. The molecule has 1 saturated heterocycles. The van der Waals surface area contributed by atoms with Gasteiger partial charge in [0, 0.05) is 44.5 Å². The highest BCUT2D eigenvalue weighted by Crippen LogP contribution is 2.18. The van der Waals surface area contributed by atoms with Gasteiger partial charge in [0.15, 0.2) is 5.03 Å². The molecule has 1 aromatic heterocycles. The molecule has 0 unspecified atom stereocenters. The Bertz CT molecular complexity index is 962. The van der Waals surface area contributed by atoms with Crippen LogP contribution in [0.25, 0.3) is 0 Å². The van der Waals surface area contributed by atoms with Gasteiger partial charge in [-0.25, -0.2) is 8.42 Å². The van der Waals surface area contributed by atoms with Crippen LogP contribution in [0.4, 0.5) is 5.69 Å². The fraction of sp³-hybridized carbons (Fsp3) is 0.278. The molecular formula is C18H21N5O4S. The minimum atomic E-state index is -3.63. The number of nitrogens with one attached hydrogen (secondary N) is 1. The highest BCUT2D eigenvalue weighted by molar-refractivity contribution is 7.89. The zero-order valence-corrected chi connectivity index (χ0v) is 16.2. The van der Waals surface area contributed by atoms with Gasteiger partial charge in [0.2, 0.25) is 5.91 Å². The summed E-state index contributed by atoms with van der Waals surface area (Å²) >= 11 is 0. The molecule has 0 spiro atoms. The van der Waals surface area contributed by atoms with E-state index in [0.717, 1.165) is 0 Å². The number of hydrogen-bond acceptors (Lipinski definition) is 5. The van der Waals surface area contributed by atoms with E-state index in [-0.39, 0.29) is 29.9 Å². The quantitative estimate of drug-likeness (QED) is 0.740. The third kappa shape index (κ3) is 3.82. The van der Waals surface area contributed by atoms with Crippen molar-refractivity contribution in [1.82, 2.24) is 19.4 Å². The Kier molecular flexibility index (Phi) is 5.61. The standard InChI is InChI=1S/C18H21N5O4S/c1-3-17(24)21(2)15-6-4-14(5-7-15)18(25)22-10-12-23(13-11-22)28(26,27)16-8-9-19-20-16/h3-9H,1,10-13H2,2H3,(H,19,20). The van der Waals surface area contributed by atoms with E-state index < -0.39 is 10.0 Å². The highest BCUT2D eigenvalue weighted by atomic mass is 32.2. The van der Waals surface area contributed by atoms with Gasteiger partial charge in [0.1, 0.15) is 0 Å². The van der Waals surface area contributed by atoms with Crippen LogP contribution in [-0.2, 0) is 14.8 Å². The Morgan fingerprint density at radius 1 is 1.14 bits per heavy atom. The Balaban J connectivity index is 1.64. The normalized spacial score (nSPS) is 15.2. The number of sulfonamides is 1. The van der Waals surface area contributed by atoms with E-state index in [1.165, 1.54) is 27.5 Å². The second-order valence-electron chi connectivity index (χ2n) is 6.27. The lowest BCUT2D eigenvalue weighted by Crippen LogP contribution is -2.50. The average molecular weight is 403 g/mol. The SMILES string of the molecule is C=CC(=O)N(C)c1ccc(C(=O)N2CCN(S(=O)(=O)c3ccn[nH]3)CC2)cc1. The van der Waals surface area contributed by atoms with Crippen LogP contribution in [0, 0.1) is 0 Å². The summed E-state index contributed by atoms with van der Waals surface area (Å²) < 4.78 is 26.3. The van der Waals surface area contributed by atoms with Gasteiger partial charge in [-0.3, -0.25) is 14.7 Å². The number of aromatic amines is 1. The van der Waals surface area contributed by atoms with E-state index >= 15 is 0 Å². The molecule has 2 heterocycles. The first-order valence-corrected chi connectivity index (χ1v) is 10.1. The van der Waals surface area contributed by atoms with Crippen molar-refractivity contribution in [2.45, 2.75) is 5.03 Å². The summed E-state index contributed by atoms with van der Waals surface area (Å²) in [4.78, 5) is 27.4. The molecule has 0 radical (unpaired) electrons. The lowest BCUT2D eigenvalue weighted by Gasteiger charge is -2.33. The molecule has 2 aromatic rings. The summed E-state index contributed by atoms with van der Waals surface area (Å²) in [5.74, 6) is -0.420. The number of benzene rings is 1. The molecular weight excluding hydrogens is 382 g/mol. The fourth-order valence-electron chi connectivity index (χ4n) is 2.93. The molecule has 0 saturated carbocycles. The number of carbonyl (C=O) groups excluding carboxylic acids is 2. The summed E-state index contributed by atoms with van der Waals surface area (Å²) in [5.41, 5.74) is 1.13. The van der Waals surface area contributed by atoms with Gasteiger partial charge in [0.05, 0.1) is 6.20 Å². The minimum absolute atomic E-state index is 0.0426. The van der Waals surface area contributed by atoms with E-state index in [1.54, 1.807) is 36.2 Å². The van der Waals surface area contributed by atoms with Crippen molar-refractivity contribution in [3.8, 4) is 0 Å². The monoisotopic (exact) mass is 403 g/mol. The van der Waals surface area contributed by atoms with Crippen LogP contribution in [0.5, 0.6) is 0 Å². The second kappa shape index (κ2) is 7.95. The number of anilines is 1. The first kappa shape index (κ1) is 19.8. The van der Waals surface area contributed by atoms with E-state index in [4.69, 9.17) is 0 Å². The topological polar surface area (TPSA) is 107 Å². The number of rotatable bonds is 5. The van der Waals surface area contributed by atoms with Crippen LogP contribution in [0.1, 0.15) is 10.4 Å². The summed E-state index contributed by atoms with van der Waals surface area (Å²) in [6.07, 6.45) is 2.60. The number of piperazine rings is 1. The van der Waals surface area contributed by atoms with Gasteiger partial charge in [-0.05, 0) is 36.4 Å². The van der Waals surface area contributed by atoms with Crippen LogP contribution in [0.2, 0.25) is 0 Å². The Morgan fingerprint density at radius 2 is 1.79 bits per heavy atom. The molecule has 1 N–H and O–H groups in total. The average Bonchev–Trinajstić information content (AvgIpc) is 3.28. The molecule has 3 rings (SSSR count). The van der Waals surface area contributed by atoms with Crippen molar-refractivity contribution in [3.05, 3.63) is 54.7 Å². The summed E-state index contributed by atoms with van der Waals surface area (Å²) in [7, 11) is -2.00. The summed E-state index contributed by atoms with van der Waals surface area (Å²) in [5, 5.41) is 6.19. The Morgan fingerprint density at radius 3 is 2.32 bits per heavy atom. The van der Waals surface area contributed by atoms with E-state index in [0.29, 0.717) is 24.3 Å². The van der Waals surface area contributed by atoms with E-state index in [2.05, 4.69) is 16.8 Å². The first-order chi connectivity index (χ1) is 13.3. The minimum Gasteiger partial charge on any atom is -0.336 e. The third-order valence-corrected chi connectivity index (χ3v) is 6.45. The number of hydrogen-bond donors (Lipinski definition) is 1. The Hall–Kier alpha value is -2.98. The number of nitrogens with zero attached hydrogens (tertiary/aromatic N) is 4. The van der Waals surface area contributed by atoms with Crippen molar-refractivity contribution in [2.24, 2.45) is 0 Å². The fourth-order valence-corrected chi connectivity index (χ4v) is 4.25. The van der Waals surface area contributed by atoms with Crippen LogP contribution in [0.3, 0.4) is 0 Å². The van der Waals surface area contributed by atoms with Gasteiger partial charge >= 0.3 is 0 Å². The molecule has 148 valence electrons. The largest absolute Gasteiger partial charge is 0.336 e. The number of aromatic nitrogens is 2. The zero-order valence-electron chi connectivity index (χ0n) is 15.4. The van der Waals surface area contributed by atoms with E-state index in [1.807, 2.05) is 0 Å². The van der Waals surface area contributed by atoms with Crippen molar-refractivity contribution in [2.75, 3.05) is 38.1 Å². The first-order valence-electron chi connectivity index (χ1n) is 8.63. The molecule has 0 aliphatic carbocycles. The summed E-state index contributed by atoms with van der Waals surface area (Å²) in [6, 6.07) is 8.08. The smallest absolute Gasteiger partial charge is 0.260 e. The molecule has 28 heavy (non-hydrogen) atoms. The maximum absolute atomic E-state index is 12.7. The van der Waals surface area contributed by atoms with Crippen molar-refractivity contribution < 1.29 is 18.0 Å². The van der Waals surface area contributed by atoms with Crippen molar-refractivity contribution >= 4 is 27.5 Å². The van der Waals surface area contributed by atoms with Gasteiger partial charge in [-0.15, -0.1) is 0 Å². The lowest BCUT2D eigenvalue weighted by atomic mass is 10.1. The molecule has 9 nitrogen and oxygen atoms in total. The molecule has 1 aromatic carbocycles. The molecule has 1 fully saturated rings. The van der Waals surface area contributed by atoms with Crippen molar-refractivity contribution in [1.29, 1.82) is 0 Å². The number of likely N-dealkylation sites (N-methyl/N-ethyl adjacent to an activating group) is 1. The Labute approximate surface area is 163 Å². The molecule has 0 bridgehead atoms. The molecule has 1 aliphatic heterocycles. The zero-order chi connectivity index (χ0) is 20.3. The number of H-pyrrole nitrogens is 1. The summed E-state index contributed by atoms with van der Waals surface area (Å²) in [6.45, 7) is 4.46. The van der Waals surface area contributed by atoms with Gasteiger partial charge < -0.3 is 9.80 Å². The van der Waals surface area contributed by atoms with E-state index in [9.17, 15) is 18.0 Å². The van der Waals surface area contributed by atoms with Gasteiger partial charge in [-0.1, -0.05) is 6.58 Å². The molecule has 1 aliphatic rings. The van der Waals surface area contributed by atoms with Gasteiger partial charge in [0.25, 0.3) is 15.9 Å². The van der Waals surface area contributed by atoms with Crippen LogP contribution in [-0.4, -0.2) is 72.9 Å². The predicted octanol–water partition coefficient (Wildman–Crippen LogP) is 0.705. The maximum atomic E-state index is 12.7. The maximum Gasteiger partial charge on any atom is 0.260 e. The van der Waals surface area contributed by atoms with Crippen molar-refractivity contribution in [3.63, 3.8) is 0 Å². The highest BCUT2D eigenvalue weighted by Gasteiger charge is 2.31. The predicted molar refractivity (Wildman–Crippen MR) is 103 cm³/mol. The number of amides is 2. The number of carbonyl (C=O) groups is 2. The van der Waals surface area contributed by atoms with Gasteiger partial charge in [-0.2, -0.15) is 9.40 Å². The van der Waals surface area contributed by atoms with Crippen LogP contribution >= 0.6 is 0 Å². The van der Waals surface area contributed by atoms with Crippen LogP contribution < -0.4 is 4.90 Å². The molecule has 2 amide bonds. The second-order valence-corrected chi connectivity index (χ2v) is 8.17. The third-order valence-electron chi connectivity index (χ3n) is 4.63. The molecule has 10 heteroatoms. The van der Waals surface area contributed by atoms with Crippen LogP contribution in [0.15, 0.2) is 54.2 Å².